The molecule has 2 aliphatic rings. The number of aliphatic hydroxyl groups is 1. The number of β-amino-alcohol motifs (C(OH)–C–C–N with tert-alkyl or cyclic N) is 1. The second kappa shape index (κ2) is 5.83. The lowest BCUT2D eigenvalue weighted by molar-refractivity contribution is 0.0630. The first kappa shape index (κ1) is 11.4. The van der Waals surface area contributed by atoms with Gasteiger partial charge in [0, 0.05) is 19.6 Å². The smallest absolute Gasteiger partial charge is 0.0667 e. The predicted molar refractivity (Wildman–Crippen MR) is 62.0 cm³/mol. The van der Waals surface area contributed by atoms with E-state index in [4.69, 9.17) is 0 Å². The Labute approximate surface area is 93.1 Å². The number of hydrogen-bond acceptors (Lipinski definition) is 3. The van der Waals surface area contributed by atoms with Crippen LogP contribution in [0.3, 0.4) is 0 Å². The van der Waals surface area contributed by atoms with Gasteiger partial charge in [-0.25, -0.2) is 0 Å². The summed E-state index contributed by atoms with van der Waals surface area (Å²) in [5.74, 6) is 0. The molecule has 2 saturated heterocycles. The zero-order valence-electron chi connectivity index (χ0n) is 9.70. The lowest BCUT2D eigenvalue weighted by Gasteiger charge is -2.33. The van der Waals surface area contributed by atoms with Crippen LogP contribution >= 0.6 is 0 Å². The van der Waals surface area contributed by atoms with Crippen molar-refractivity contribution in [3.8, 4) is 0 Å². The number of nitrogens with zero attached hydrogens (tertiary/aromatic N) is 2. The van der Waals surface area contributed by atoms with Crippen molar-refractivity contribution >= 4 is 0 Å². The lowest BCUT2D eigenvalue weighted by atomic mass is 10.1. The van der Waals surface area contributed by atoms with Gasteiger partial charge in [-0.1, -0.05) is 6.42 Å². The quantitative estimate of drug-likeness (QED) is 0.754. The van der Waals surface area contributed by atoms with Crippen LogP contribution in [0.2, 0.25) is 0 Å². The molecule has 88 valence electrons. The highest BCUT2D eigenvalue weighted by Crippen LogP contribution is 2.11. The molecule has 15 heavy (non-hydrogen) atoms. The van der Waals surface area contributed by atoms with Crippen LogP contribution in [0.25, 0.3) is 0 Å². The maximum absolute atomic E-state index is 9.56. The molecule has 2 aliphatic heterocycles. The molecule has 0 amide bonds. The van der Waals surface area contributed by atoms with Crippen molar-refractivity contribution in [1.29, 1.82) is 0 Å². The van der Waals surface area contributed by atoms with E-state index >= 15 is 0 Å². The Morgan fingerprint density at radius 2 is 1.53 bits per heavy atom. The molecule has 1 atom stereocenters. The fraction of sp³-hybridized carbons (Fsp3) is 1.00. The van der Waals surface area contributed by atoms with Crippen molar-refractivity contribution in [3.05, 3.63) is 0 Å². The summed E-state index contributed by atoms with van der Waals surface area (Å²) in [6, 6.07) is 0. The Bertz CT molecular complexity index is 180. The molecule has 0 aliphatic carbocycles. The first-order valence-electron chi connectivity index (χ1n) is 6.47. The molecule has 0 saturated carbocycles. The third-order valence-corrected chi connectivity index (χ3v) is 3.66. The minimum atomic E-state index is -0.0693. The molecule has 2 fully saturated rings. The molecule has 0 radical (unpaired) electrons. The van der Waals surface area contributed by atoms with Crippen molar-refractivity contribution in [2.45, 2.75) is 38.2 Å². The Kier molecular flexibility index (Phi) is 4.42. The Morgan fingerprint density at radius 3 is 2.27 bits per heavy atom. The van der Waals surface area contributed by atoms with Gasteiger partial charge in [-0.3, -0.25) is 4.90 Å². The van der Waals surface area contributed by atoms with Gasteiger partial charge in [-0.15, -0.1) is 0 Å². The van der Waals surface area contributed by atoms with Gasteiger partial charge in [0.05, 0.1) is 6.10 Å². The average Bonchev–Trinajstić information content (AvgIpc) is 2.28. The predicted octanol–water partition coefficient (Wildman–Crippen LogP) is 0.929. The maximum atomic E-state index is 9.56. The van der Waals surface area contributed by atoms with E-state index in [2.05, 4.69) is 9.80 Å². The summed E-state index contributed by atoms with van der Waals surface area (Å²) in [5, 5.41) is 9.56. The average molecular weight is 212 g/mol. The molecule has 0 spiro atoms. The summed E-state index contributed by atoms with van der Waals surface area (Å²) in [6.45, 7) is 7.01. The standard InChI is InChI=1S/C12H24N2O/c15-12-5-4-8-14(11-12)10-9-13-6-2-1-3-7-13/h12,15H,1-11H2/t12-/m0/s1. The van der Waals surface area contributed by atoms with Gasteiger partial charge >= 0.3 is 0 Å². The van der Waals surface area contributed by atoms with Crippen LogP contribution in [0.15, 0.2) is 0 Å². The van der Waals surface area contributed by atoms with E-state index in [0.29, 0.717) is 0 Å². The molecular weight excluding hydrogens is 188 g/mol. The summed E-state index contributed by atoms with van der Waals surface area (Å²) < 4.78 is 0. The minimum absolute atomic E-state index is 0.0693. The molecule has 0 aromatic rings. The highest BCUT2D eigenvalue weighted by molar-refractivity contribution is 4.73. The Balaban J connectivity index is 1.63. The third-order valence-electron chi connectivity index (χ3n) is 3.66. The number of likely N-dealkylation sites (tertiary alicyclic amines) is 2. The van der Waals surface area contributed by atoms with Gasteiger partial charge in [-0.2, -0.15) is 0 Å². The van der Waals surface area contributed by atoms with Gasteiger partial charge in [0.15, 0.2) is 0 Å². The monoisotopic (exact) mass is 212 g/mol. The second-order valence-corrected chi connectivity index (χ2v) is 5.00. The van der Waals surface area contributed by atoms with E-state index in [1.165, 1.54) is 51.9 Å². The summed E-state index contributed by atoms with van der Waals surface area (Å²) in [6.07, 6.45) is 6.27. The van der Waals surface area contributed by atoms with Crippen LogP contribution in [0.4, 0.5) is 0 Å². The Hall–Kier alpha value is -0.120. The highest BCUT2D eigenvalue weighted by Gasteiger charge is 2.18. The van der Waals surface area contributed by atoms with Gasteiger partial charge in [0.2, 0.25) is 0 Å². The number of aliphatic hydroxyl groups excluding tert-OH is 1. The molecule has 0 aromatic heterocycles. The Morgan fingerprint density at radius 1 is 0.867 bits per heavy atom. The lowest BCUT2D eigenvalue weighted by Crippen LogP contribution is -2.43. The molecule has 0 aromatic carbocycles. The SMILES string of the molecule is O[C@H]1CCCN(CCN2CCCCC2)C1. The molecule has 1 N–H and O–H groups in total. The molecule has 2 rings (SSSR count). The number of piperidine rings is 2. The van der Waals surface area contributed by atoms with Crippen molar-refractivity contribution < 1.29 is 5.11 Å². The summed E-state index contributed by atoms with van der Waals surface area (Å²) in [4.78, 5) is 4.99. The first-order valence-corrected chi connectivity index (χ1v) is 6.47. The van der Waals surface area contributed by atoms with E-state index in [0.717, 1.165) is 19.5 Å². The molecule has 2 heterocycles. The van der Waals surface area contributed by atoms with Crippen LogP contribution < -0.4 is 0 Å². The van der Waals surface area contributed by atoms with Crippen LogP contribution in [0.5, 0.6) is 0 Å². The molecular formula is C12H24N2O. The number of rotatable bonds is 3. The molecule has 0 bridgehead atoms. The summed E-state index contributed by atoms with van der Waals surface area (Å²) >= 11 is 0. The fourth-order valence-corrected chi connectivity index (χ4v) is 2.70. The van der Waals surface area contributed by atoms with E-state index in [1.807, 2.05) is 0 Å². The van der Waals surface area contributed by atoms with Gasteiger partial charge in [0.25, 0.3) is 0 Å². The zero-order chi connectivity index (χ0) is 10.5. The number of hydrogen-bond donors (Lipinski definition) is 1. The van der Waals surface area contributed by atoms with Crippen LogP contribution in [0.1, 0.15) is 32.1 Å². The van der Waals surface area contributed by atoms with Gasteiger partial charge in [0.1, 0.15) is 0 Å². The molecule has 3 nitrogen and oxygen atoms in total. The molecule has 3 heteroatoms. The minimum Gasteiger partial charge on any atom is -0.392 e. The van der Waals surface area contributed by atoms with Crippen LogP contribution in [0, 0.1) is 0 Å². The van der Waals surface area contributed by atoms with Gasteiger partial charge in [-0.05, 0) is 45.3 Å². The van der Waals surface area contributed by atoms with Crippen LogP contribution in [-0.2, 0) is 0 Å². The van der Waals surface area contributed by atoms with E-state index in [9.17, 15) is 5.11 Å². The first-order chi connectivity index (χ1) is 7.34. The summed E-state index contributed by atoms with van der Waals surface area (Å²) in [5.41, 5.74) is 0. The van der Waals surface area contributed by atoms with E-state index in [1.54, 1.807) is 0 Å². The highest BCUT2D eigenvalue weighted by atomic mass is 16.3. The van der Waals surface area contributed by atoms with Crippen molar-refractivity contribution in [2.24, 2.45) is 0 Å². The fourth-order valence-electron chi connectivity index (χ4n) is 2.70. The second-order valence-electron chi connectivity index (χ2n) is 5.00. The van der Waals surface area contributed by atoms with Gasteiger partial charge < -0.3 is 10.0 Å². The van der Waals surface area contributed by atoms with E-state index < -0.39 is 0 Å². The molecule has 0 unspecified atom stereocenters. The zero-order valence-corrected chi connectivity index (χ0v) is 9.70. The normalized spacial score (nSPS) is 30.6. The van der Waals surface area contributed by atoms with Crippen molar-refractivity contribution in [2.75, 3.05) is 39.3 Å². The van der Waals surface area contributed by atoms with Crippen LogP contribution in [-0.4, -0.2) is 60.3 Å². The third kappa shape index (κ3) is 3.74. The van der Waals surface area contributed by atoms with Crippen molar-refractivity contribution in [1.82, 2.24) is 9.80 Å². The topological polar surface area (TPSA) is 26.7 Å². The largest absolute Gasteiger partial charge is 0.392 e. The van der Waals surface area contributed by atoms with E-state index in [-0.39, 0.29) is 6.10 Å². The van der Waals surface area contributed by atoms with Crippen molar-refractivity contribution in [3.63, 3.8) is 0 Å². The maximum Gasteiger partial charge on any atom is 0.0667 e. The summed E-state index contributed by atoms with van der Waals surface area (Å²) in [7, 11) is 0.